The van der Waals surface area contributed by atoms with Crippen molar-refractivity contribution < 1.29 is 5.11 Å². The molecule has 1 aliphatic rings. The summed E-state index contributed by atoms with van der Waals surface area (Å²) >= 11 is 0. The zero-order valence-electron chi connectivity index (χ0n) is 17.7. The molecule has 4 rings (SSSR count). The van der Waals surface area contributed by atoms with Crippen molar-refractivity contribution in [2.24, 2.45) is 0 Å². The number of aliphatic hydroxyl groups is 1. The third-order valence-corrected chi connectivity index (χ3v) is 6.56. The van der Waals surface area contributed by atoms with E-state index in [2.05, 4.69) is 71.5 Å². The lowest BCUT2D eigenvalue weighted by Crippen LogP contribution is -2.42. The predicted octanol–water partition coefficient (Wildman–Crippen LogP) is 5.77. The van der Waals surface area contributed by atoms with Gasteiger partial charge in [0.2, 0.25) is 0 Å². The zero-order valence-corrected chi connectivity index (χ0v) is 17.7. The first-order chi connectivity index (χ1) is 14.2. The van der Waals surface area contributed by atoms with Crippen LogP contribution in [0.5, 0.6) is 0 Å². The second-order valence-corrected chi connectivity index (χ2v) is 8.67. The van der Waals surface area contributed by atoms with Crippen molar-refractivity contribution in [1.29, 1.82) is 0 Å². The number of benzene rings is 2. The molecule has 0 atom stereocenters. The van der Waals surface area contributed by atoms with Gasteiger partial charge in [-0.3, -0.25) is 4.90 Å². The van der Waals surface area contributed by atoms with Crippen LogP contribution >= 0.6 is 0 Å². The number of aromatic nitrogens is 1. The summed E-state index contributed by atoms with van der Waals surface area (Å²) in [6.45, 7) is 5.04. The van der Waals surface area contributed by atoms with Gasteiger partial charge in [-0.1, -0.05) is 68.7 Å². The molecule has 0 spiro atoms. The van der Waals surface area contributed by atoms with Crippen molar-refractivity contribution in [2.45, 2.75) is 64.0 Å². The van der Waals surface area contributed by atoms with Gasteiger partial charge in [-0.2, -0.15) is 0 Å². The van der Waals surface area contributed by atoms with Gasteiger partial charge in [0, 0.05) is 36.7 Å². The Hall–Kier alpha value is -2.10. The van der Waals surface area contributed by atoms with E-state index in [0.29, 0.717) is 0 Å². The fraction of sp³-hybridized carbons (Fsp3) is 0.462. The van der Waals surface area contributed by atoms with E-state index in [0.717, 1.165) is 44.5 Å². The topological polar surface area (TPSA) is 39.3 Å². The van der Waals surface area contributed by atoms with E-state index < -0.39 is 5.60 Å². The minimum Gasteiger partial charge on any atom is -0.385 e. The van der Waals surface area contributed by atoms with E-state index in [-0.39, 0.29) is 0 Å². The van der Waals surface area contributed by atoms with Crippen LogP contribution in [0.3, 0.4) is 0 Å². The van der Waals surface area contributed by atoms with E-state index in [9.17, 15) is 5.11 Å². The smallest absolute Gasteiger partial charge is 0.0920 e. The van der Waals surface area contributed by atoms with Crippen LogP contribution in [0.2, 0.25) is 0 Å². The number of para-hydroxylation sites is 1. The largest absolute Gasteiger partial charge is 0.385 e. The second kappa shape index (κ2) is 9.15. The van der Waals surface area contributed by atoms with E-state index >= 15 is 0 Å². The van der Waals surface area contributed by atoms with Crippen molar-refractivity contribution in [3.8, 4) is 0 Å². The number of aryl methyl sites for hydroxylation is 1. The van der Waals surface area contributed by atoms with Crippen molar-refractivity contribution in [3.05, 3.63) is 71.4 Å². The molecular formula is C26H34N2O. The standard InChI is InChI=1S/C26H34N2O/c1-2-3-4-5-8-21-11-13-23(14-12-21)26(29)15-17-28(18-16-26)20-22-19-27-25-10-7-6-9-24(22)25/h6-7,9-14,19,27,29H,2-5,8,15-18,20H2,1H3. The van der Waals surface area contributed by atoms with Crippen molar-refractivity contribution >= 4 is 10.9 Å². The highest BCUT2D eigenvalue weighted by atomic mass is 16.3. The Morgan fingerprint density at radius 1 is 0.966 bits per heavy atom. The molecular weight excluding hydrogens is 356 g/mol. The highest BCUT2D eigenvalue weighted by Gasteiger charge is 2.34. The molecule has 1 saturated heterocycles. The molecule has 1 aromatic heterocycles. The van der Waals surface area contributed by atoms with Crippen LogP contribution in [-0.2, 0) is 18.6 Å². The Bertz CT molecular complexity index is 904. The van der Waals surface area contributed by atoms with Gasteiger partial charge < -0.3 is 10.1 Å². The molecule has 2 N–H and O–H groups in total. The molecule has 0 amide bonds. The molecule has 2 aromatic carbocycles. The molecule has 0 aliphatic carbocycles. The fourth-order valence-electron chi connectivity index (χ4n) is 4.61. The molecule has 3 nitrogen and oxygen atoms in total. The number of unbranched alkanes of at least 4 members (excludes halogenated alkanes) is 3. The van der Waals surface area contributed by atoms with Crippen LogP contribution in [0.15, 0.2) is 54.7 Å². The van der Waals surface area contributed by atoms with Gasteiger partial charge in [-0.05, 0) is 48.4 Å². The van der Waals surface area contributed by atoms with E-state index in [1.807, 2.05) is 0 Å². The van der Waals surface area contributed by atoms with Crippen molar-refractivity contribution in [2.75, 3.05) is 13.1 Å². The van der Waals surface area contributed by atoms with E-state index in [1.165, 1.54) is 47.7 Å². The fourth-order valence-corrected chi connectivity index (χ4v) is 4.61. The van der Waals surface area contributed by atoms with E-state index in [1.54, 1.807) is 0 Å². The number of rotatable bonds is 8. The maximum Gasteiger partial charge on any atom is 0.0920 e. The highest BCUT2D eigenvalue weighted by molar-refractivity contribution is 5.82. The average Bonchev–Trinajstić information content (AvgIpc) is 3.16. The number of hydrogen-bond acceptors (Lipinski definition) is 2. The summed E-state index contributed by atoms with van der Waals surface area (Å²) in [5.74, 6) is 0. The number of likely N-dealkylation sites (tertiary alicyclic amines) is 1. The summed E-state index contributed by atoms with van der Waals surface area (Å²) in [7, 11) is 0. The minimum absolute atomic E-state index is 0.683. The lowest BCUT2D eigenvalue weighted by molar-refractivity contribution is -0.0276. The summed E-state index contributed by atoms with van der Waals surface area (Å²) < 4.78 is 0. The van der Waals surface area contributed by atoms with Crippen molar-refractivity contribution in [3.63, 3.8) is 0 Å². The average molecular weight is 391 g/mol. The summed E-state index contributed by atoms with van der Waals surface area (Å²) in [6.07, 6.45) is 10.1. The Morgan fingerprint density at radius 3 is 2.48 bits per heavy atom. The molecule has 3 aromatic rings. The molecule has 154 valence electrons. The lowest BCUT2D eigenvalue weighted by Gasteiger charge is -2.38. The molecule has 0 unspecified atom stereocenters. The number of nitrogens with one attached hydrogen (secondary N) is 1. The molecule has 0 saturated carbocycles. The second-order valence-electron chi connectivity index (χ2n) is 8.67. The highest BCUT2D eigenvalue weighted by Crippen LogP contribution is 2.34. The number of aromatic amines is 1. The maximum atomic E-state index is 11.3. The van der Waals surface area contributed by atoms with Gasteiger partial charge in [0.1, 0.15) is 0 Å². The molecule has 3 heteroatoms. The number of nitrogens with zero attached hydrogens (tertiary/aromatic N) is 1. The predicted molar refractivity (Wildman–Crippen MR) is 121 cm³/mol. The first kappa shape index (κ1) is 20.2. The molecule has 1 aliphatic heterocycles. The summed E-state index contributed by atoms with van der Waals surface area (Å²) in [4.78, 5) is 5.83. The molecule has 2 heterocycles. The Balaban J connectivity index is 1.33. The third kappa shape index (κ3) is 4.73. The van der Waals surface area contributed by atoms with Crippen LogP contribution in [0.25, 0.3) is 10.9 Å². The van der Waals surface area contributed by atoms with Crippen LogP contribution in [-0.4, -0.2) is 28.1 Å². The van der Waals surface area contributed by atoms with Crippen LogP contribution < -0.4 is 0 Å². The number of H-pyrrole nitrogens is 1. The monoisotopic (exact) mass is 390 g/mol. The normalized spacial score (nSPS) is 17.0. The lowest BCUT2D eigenvalue weighted by atomic mass is 9.84. The van der Waals surface area contributed by atoms with Crippen molar-refractivity contribution in [1.82, 2.24) is 9.88 Å². The number of piperidine rings is 1. The summed E-state index contributed by atoms with van der Waals surface area (Å²) in [6, 6.07) is 17.2. The minimum atomic E-state index is -0.683. The zero-order chi connectivity index (χ0) is 20.1. The maximum absolute atomic E-state index is 11.3. The van der Waals surface area contributed by atoms with Gasteiger partial charge in [-0.15, -0.1) is 0 Å². The van der Waals surface area contributed by atoms with Gasteiger partial charge >= 0.3 is 0 Å². The molecule has 29 heavy (non-hydrogen) atoms. The molecule has 0 radical (unpaired) electrons. The third-order valence-electron chi connectivity index (χ3n) is 6.56. The summed E-state index contributed by atoms with van der Waals surface area (Å²) in [5, 5.41) is 12.6. The summed E-state index contributed by atoms with van der Waals surface area (Å²) in [5.41, 5.74) is 4.34. The van der Waals surface area contributed by atoms with E-state index in [4.69, 9.17) is 0 Å². The Labute approximate surface area is 174 Å². The van der Waals surface area contributed by atoms with Gasteiger partial charge in [0.25, 0.3) is 0 Å². The molecule has 1 fully saturated rings. The first-order valence-corrected chi connectivity index (χ1v) is 11.3. The van der Waals surface area contributed by atoms with Gasteiger partial charge in [0.15, 0.2) is 0 Å². The van der Waals surface area contributed by atoms with Gasteiger partial charge in [-0.25, -0.2) is 0 Å². The Morgan fingerprint density at radius 2 is 1.72 bits per heavy atom. The van der Waals surface area contributed by atoms with Crippen LogP contribution in [0.1, 0.15) is 62.1 Å². The SMILES string of the molecule is CCCCCCc1ccc(C2(O)CCN(Cc3c[nH]c4ccccc34)CC2)cc1. The van der Waals surface area contributed by atoms with Crippen LogP contribution in [0.4, 0.5) is 0 Å². The number of hydrogen-bond donors (Lipinski definition) is 2. The quantitative estimate of drug-likeness (QED) is 0.479. The van der Waals surface area contributed by atoms with Gasteiger partial charge in [0.05, 0.1) is 5.60 Å². The first-order valence-electron chi connectivity index (χ1n) is 11.3. The molecule has 0 bridgehead atoms. The number of fused-ring (bicyclic) bond motifs is 1. The van der Waals surface area contributed by atoms with Crippen LogP contribution in [0, 0.1) is 0 Å². The Kier molecular flexibility index (Phi) is 6.37.